The van der Waals surface area contributed by atoms with Crippen LogP contribution in [0.2, 0.25) is 37.3 Å². The molecule has 0 aliphatic rings. The van der Waals surface area contributed by atoms with Crippen molar-refractivity contribution in [1.29, 1.82) is 0 Å². The summed E-state index contributed by atoms with van der Waals surface area (Å²) in [5.74, 6) is 0. The zero-order valence-electron chi connectivity index (χ0n) is 36.2. The molecule has 7 heteroatoms. The van der Waals surface area contributed by atoms with Crippen molar-refractivity contribution < 1.29 is 18.9 Å². The van der Waals surface area contributed by atoms with E-state index < -0.39 is 15.5 Å². The SMILES string of the molecule is CC(C)[Si](C)(C)Cl.Cc1cc(C)cc(-c2nccc3cc(Br)ccc23)c1.Cc1cc(C)cc(-c2nccc3cc([Si](C)(C)C(C)C)ccc23)c1.[CH2-]CCC.[Li+]. The summed E-state index contributed by atoms with van der Waals surface area (Å²) in [6.07, 6.45) is 6.10. The molecular weight excluding hydrogens is 783 g/mol. The number of halogens is 2. The third-order valence-electron chi connectivity index (χ3n) is 10.4. The minimum absolute atomic E-state index is 0. The van der Waals surface area contributed by atoms with Gasteiger partial charge in [0.1, 0.15) is 0 Å². The fourth-order valence-corrected chi connectivity index (χ4v) is 7.83. The van der Waals surface area contributed by atoms with Gasteiger partial charge in [-0.25, -0.2) is 0 Å². The van der Waals surface area contributed by atoms with Crippen molar-refractivity contribution in [3.63, 3.8) is 0 Å². The van der Waals surface area contributed by atoms with Gasteiger partial charge >= 0.3 is 18.9 Å². The molecule has 0 N–H and O–H groups in total. The molecule has 2 heterocycles. The third kappa shape index (κ3) is 14.1. The predicted octanol–water partition coefficient (Wildman–Crippen LogP) is 12.6. The summed E-state index contributed by atoms with van der Waals surface area (Å²) in [5, 5.41) is 6.48. The number of aromatic nitrogens is 2. The molecule has 0 amide bonds. The summed E-state index contributed by atoms with van der Waals surface area (Å²) >= 11 is 9.52. The van der Waals surface area contributed by atoms with E-state index in [0.717, 1.165) is 27.8 Å². The third-order valence-corrected chi connectivity index (χ3v) is 19.6. The van der Waals surface area contributed by atoms with E-state index in [4.69, 9.17) is 16.1 Å². The Morgan fingerprint density at radius 1 is 0.618 bits per heavy atom. The number of fused-ring (bicyclic) bond motifs is 2. The Morgan fingerprint density at radius 2 is 1.00 bits per heavy atom. The molecule has 0 bridgehead atoms. The minimum Gasteiger partial charge on any atom is -0.343 e. The van der Waals surface area contributed by atoms with Crippen molar-refractivity contribution in [2.75, 3.05) is 0 Å². The van der Waals surface area contributed by atoms with Crippen LogP contribution in [0.15, 0.2) is 102 Å². The molecule has 288 valence electrons. The summed E-state index contributed by atoms with van der Waals surface area (Å²) in [6, 6.07) is 30.8. The Morgan fingerprint density at radius 3 is 1.36 bits per heavy atom. The van der Waals surface area contributed by atoms with Gasteiger partial charge in [-0.05, 0) is 98.1 Å². The van der Waals surface area contributed by atoms with E-state index in [0.29, 0.717) is 5.54 Å². The van der Waals surface area contributed by atoms with Gasteiger partial charge in [-0.15, -0.1) is 0 Å². The van der Waals surface area contributed by atoms with Crippen LogP contribution < -0.4 is 24.0 Å². The van der Waals surface area contributed by atoms with Gasteiger partial charge in [0, 0.05) is 38.8 Å². The van der Waals surface area contributed by atoms with Crippen molar-refractivity contribution in [1.82, 2.24) is 9.97 Å². The van der Waals surface area contributed by atoms with Crippen molar-refractivity contribution in [3.05, 3.63) is 131 Å². The first kappa shape index (κ1) is 48.6. The molecule has 0 aliphatic heterocycles. The van der Waals surface area contributed by atoms with Crippen LogP contribution in [0.3, 0.4) is 0 Å². The second kappa shape index (κ2) is 21.9. The molecule has 6 aromatic rings. The van der Waals surface area contributed by atoms with E-state index in [-0.39, 0.29) is 18.9 Å². The molecule has 0 spiro atoms. The van der Waals surface area contributed by atoms with Crippen molar-refractivity contribution in [2.45, 2.75) is 112 Å². The Labute approximate surface area is 361 Å². The van der Waals surface area contributed by atoms with Crippen LogP contribution in [-0.4, -0.2) is 25.4 Å². The number of unbranched alkanes of at least 4 members (excludes halogenated alkanes) is 1. The Hall–Kier alpha value is -2.50. The van der Waals surface area contributed by atoms with Crippen molar-refractivity contribution in [3.8, 4) is 22.5 Å². The first-order valence-electron chi connectivity index (χ1n) is 19.4. The maximum absolute atomic E-state index is 6.01. The topological polar surface area (TPSA) is 25.8 Å². The predicted molar refractivity (Wildman–Crippen MR) is 252 cm³/mol. The number of nitrogens with zero attached hydrogens (tertiary/aromatic N) is 2. The Bertz CT molecular complexity index is 2100. The fraction of sp³-hybridized carbons (Fsp3) is 0.354. The number of benzene rings is 4. The minimum atomic E-state index is -1.41. The summed E-state index contributed by atoms with van der Waals surface area (Å²) in [6.45, 7) is 32.6. The Balaban J connectivity index is 0.000000300. The van der Waals surface area contributed by atoms with Gasteiger partial charge in [0.15, 0.2) is 7.38 Å². The van der Waals surface area contributed by atoms with E-state index in [9.17, 15) is 0 Å². The van der Waals surface area contributed by atoms with Gasteiger partial charge < -0.3 is 6.92 Å². The normalized spacial score (nSPS) is 11.2. The molecule has 4 aromatic carbocycles. The number of aryl methyl sites for hydroxylation is 4. The molecule has 0 radical (unpaired) electrons. The first-order valence-corrected chi connectivity index (χ1v) is 27.3. The van der Waals surface area contributed by atoms with Gasteiger partial charge in [-0.2, -0.15) is 17.5 Å². The summed E-state index contributed by atoms with van der Waals surface area (Å²) < 4.78 is 1.09. The van der Waals surface area contributed by atoms with Gasteiger partial charge in [-0.1, -0.05) is 147 Å². The summed E-state index contributed by atoms with van der Waals surface area (Å²) in [5.41, 5.74) is 11.1. The van der Waals surface area contributed by atoms with Gasteiger partial charge in [0.2, 0.25) is 0 Å². The first-order chi connectivity index (χ1) is 25.3. The standard InChI is InChI=1S/C22H27NSi.C17H14BrN.C5H13ClSi.C4H9.Li/c1-15(2)24(5,6)20-7-8-21-18(14-20)9-10-23-22(21)19-12-16(3)11-17(4)13-19;1-11-7-12(2)9-14(8-11)17-16-4-3-15(18)10-13(16)5-6-19-17;1-5(2)7(3,4)6;1-3-4-2;/h7-15H,1-6H3;3-10H,1-2H3;5H,1-4H3;1,3-4H2,2H3;/q;;;-1;+1. The zero-order valence-corrected chi connectivity index (χ0v) is 40.5. The average Bonchev–Trinajstić information content (AvgIpc) is 3.10. The number of pyridine rings is 2. The van der Waals surface area contributed by atoms with Gasteiger partial charge in [0.25, 0.3) is 0 Å². The molecular formula is C48H63BrClLiN2Si2. The maximum Gasteiger partial charge on any atom is 1.00 e. The monoisotopic (exact) mass is 844 g/mol. The molecule has 6 rings (SSSR count). The maximum atomic E-state index is 6.01. The van der Waals surface area contributed by atoms with Gasteiger partial charge in [-0.3, -0.25) is 9.97 Å². The van der Waals surface area contributed by atoms with E-state index in [1.807, 2.05) is 18.5 Å². The summed E-state index contributed by atoms with van der Waals surface area (Å²) in [4.78, 5) is 9.27. The molecule has 2 aromatic heterocycles. The van der Waals surface area contributed by atoms with Crippen LogP contribution in [0.1, 0.15) is 69.7 Å². The van der Waals surface area contributed by atoms with Gasteiger partial charge in [0.05, 0.1) is 19.5 Å². The van der Waals surface area contributed by atoms with E-state index in [1.54, 1.807) is 0 Å². The molecule has 0 atom stereocenters. The van der Waals surface area contributed by atoms with Crippen LogP contribution in [0.25, 0.3) is 44.1 Å². The van der Waals surface area contributed by atoms with Crippen LogP contribution in [0, 0.1) is 34.6 Å². The second-order valence-corrected chi connectivity index (χ2v) is 29.6. The quantitative estimate of drug-likeness (QED) is 0.0948. The molecule has 0 unspecified atom stereocenters. The molecule has 0 fully saturated rings. The second-order valence-electron chi connectivity index (χ2n) is 16.3. The van der Waals surface area contributed by atoms with Crippen molar-refractivity contribution >= 4 is 69.2 Å². The van der Waals surface area contributed by atoms with E-state index in [1.165, 1.54) is 66.5 Å². The average molecular weight is 847 g/mol. The van der Waals surface area contributed by atoms with Crippen LogP contribution in [-0.2, 0) is 0 Å². The van der Waals surface area contributed by atoms with Crippen LogP contribution >= 0.6 is 27.0 Å². The largest absolute Gasteiger partial charge is 1.00 e. The molecule has 55 heavy (non-hydrogen) atoms. The van der Waals surface area contributed by atoms with E-state index in [2.05, 4.69) is 195 Å². The molecule has 0 saturated heterocycles. The number of rotatable bonds is 6. The van der Waals surface area contributed by atoms with Crippen LogP contribution in [0.5, 0.6) is 0 Å². The Kier molecular flexibility index (Phi) is 19.3. The smallest absolute Gasteiger partial charge is 0.343 e. The van der Waals surface area contributed by atoms with Crippen LogP contribution in [0.4, 0.5) is 0 Å². The molecule has 0 aliphatic carbocycles. The number of hydrogen-bond acceptors (Lipinski definition) is 2. The summed E-state index contributed by atoms with van der Waals surface area (Å²) in [7, 11) is -2.67. The zero-order chi connectivity index (χ0) is 40.4. The molecule has 2 nitrogen and oxygen atoms in total. The molecule has 0 saturated carbocycles. The fourth-order valence-electron chi connectivity index (χ4n) is 5.74. The van der Waals surface area contributed by atoms with Crippen molar-refractivity contribution in [2.24, 2.45) is 0 Å². The van der Waals surface area contributed by atoms with E-state index >= 15 is 0 Å². The number of hydrogen-bond donors (Lipinski definition) is 0.